The van der Waals surface area contributed by atoms with Crippen molar-refractivity contribution in [1.82, 2.24) is 19.5 Å². The number of ether oxygens (including phenoxy) is 1. The average Bonchev–Trinajstić information content (AvgIpc) is 3.00. The van der Waals surface area contributed by atoms with Gasteiger partial charge in [-0.05, 0) is 0 Å². The van der Waals surface area contributed by atoms with Crippen LogP contribution in [0.15, 0.2) is 11.1 Å². The summed E-state index contributed by atoms with van der Waals surface area (Å²) in [5, 5.41) is 10.4. The van der Waals surface area contributed by atoms with E-state index in [9.17, 15) is 19.4 Å². The Morgan fingerprint density at radius 3 is 3.09 bits per heavy atom. The minimum Gasteiger partial charge on any atom is -0.386 e. The molecule has 2 saturated heterocycles. The van der Waals surface area contributed by atoms with E-state index in [2.05, 4.69) is 19.5 Å². The molecule has 2 fully saturated rings. The number of nitrogens with one attached hydrogen (secondary N) is 1. The molecular formula is C10H12N5O7P. The van der Waals surface area contributed by atoms with Crippen molar-refractivity contribution in [3.63, 3.8) is 0 Å². The molecule has 2 unspecified atom stereocenters. The molecule has 0 saturated carbocycles. The van der Waals surface area contributed by atoms with Crippen LogP contribution in [0.3, 0.4) is 0 Å². The number of aromatic amines is 1. The summed E-state index contributed by atoms with van der Waals surface area (Å²) in [7, 11) is -4.22. The van der Waals surface area contributed by atoms with Gasteiger partial charge in [0.1, 0.15) is 18.3 Å². The minimum atomic E-state index is -4.22. The molecule has 2 aromatic rings. The summed E-state index contributed by atoms with van der Waals surface area (Å²) in [4.78, 5) is 31.3. The fraction of sp³-hybridized carbons (Fsp3) is 0.500. The second kappa shape index (κ2) is 4.84. The Morgan fingerprint density at radius 2 is 2.30 bits per heavy atom. The lowest BCUT2D eigenvalue weighted by Crippen LogP contribution is -2.39. The van der Waals surface area contributed by atoms with E-state index in [1.165, 1.54) is 10.9 Å². The van der Waals surface area contributed by atoms with Crippen molar-refractivity contribution in [3.05, 3.63) is 16.7 Å². The van der Waals surface area contributed by atoms with Gasteiger partial charge >= 0.3 is 7.82 Å². The van der Waals surface area contributed by atoms with Gasteiger partial charge in [0.05, 0.1) is 12.9 Å². The molecule has 0 aliphatic carbocycles. The van der Waals surface area contributed by atoms with Crippen LogP contribution in [-0.2, 0) is 18.3 Å². The highest BCUT2D eigenvalue weighted by Gasteiger charge is 2.52. The van der Waals surface area contributed by atoms with Crippen molar-refractivity contribution in [2.45, 2.75) is 24.5 Å². The van der Waals surface area contributed by atoms with Gasteiger partial charge in [0, 0.05) is 0 Å². The number of aromatic nitrogens is 4. The molecule has 0 spiro atoms. The Bertz CT molecular complexity index is 880. The van der Waals surface area contributed by atoms with E-state index in [0.717, 1.165) is 0 Å². The number of anilines is 1. The molecule has 5 atom stereocenters. The van der Waals surface area contributed by atoms with Gasteiger partial charge in [-0.25, -0.2) is 9.55 Å². The lowest BCUT2D eigenvalue weighted by Gasteiger charge is -2.27. The number of nitrogen functional groups attached to an aromatic ring is 1. The summed E-state index contributed by atoms with van der Waals surface area (Å²) >= 11 is 0. The van der Waals surface area contributed by atoms with Crippen molar-refractivity contribution >= 4 is 24.9 Å². The number of aliphatic hydroxyl groups is 1. The van der Waals surface area contributed by atoms with E-state index in [1.54, 1.807) is 0 Å². The first-order valence-corrected chi connectivity index (χ1v) is 8.07. The van der Waals surface area contributed by atoms with Gasteiger partial charge in [-0.2, -0.15) is 4.98 Å². The zero-order valence-electron chi connectivity index (χ0n) is 11.4. The van der Waals surface area contributed by atoms with Gasteiger partial charge in [0.2, 0.25) is 5.95 Å². The summed E-state index contributed by atoms with van der Waals surface area (Å²) in [5.41, 5.74) is 5.12. The Labute approximate surface area is 127 Å². The third kappa shape index (κ3) is 2.27. The average molecular weight is 345 g/mol. The van der Waals surface area contributed by atoms with Crippen molar-refractivity contribution < 1.29 is 28.3 Å². The van der Waals surface area contributed by atoms with E-state index >= 15 is 0 Å². The normalized spacial score (nSPS) is 37.1. The summed E-state index contributed by atoms with van der Waals surface area (Å²) in [6.45, 7) is -0.214. The lowest BCUT2D eigenvalue weighted by molar-refractivity contribution is -0.0664. The van der Waals surface area contributed by atoms with Crippen LogP contribution in [-0.4, -0.2) is 54.4 Å². The van der Waals surface area contributed by atoms with Gasteiger partial charge in [-0.15, -0.1) is 0 Å². The van der Waals surface area contributed by atoms with Gasteiger partial charge in [0.15, 0.2) is 17.4 Å². The van der Waals surface area contributed by atoms with Crippen molar-refractivity contribution in [3.8, 4) is 0 Å². The fourth-order valence-corrected chi connectivity index (χ4v) is 3.66. The van der Waals surface area contributed by atoms with Gasteiger partial charge in [-0.3, -0.25) is 23.4 Å². The Hall–Kier alpha value is -1.82. The number of hydrogen-bond acceptors (Lipinski definition) is 9. The first kappa shape index (κ1) is 14.8. The van der Waals surface area contributed by atoms with E-state index in [-0.39, 0.29) is 23.7 Å². The zero-order chi connectivity index (χ0) is 16.4. The standard InChI is InChI=1S/C10H12N5O7P/c11-10-13-7-4(8(17)14-10)12-2-15(7)9-5(16)6-3(21-9)1-20-23(18,19)22-6/h2-3,5-6,9,16H,1H2,(H,18,19)(H3,11,13,14,17)/t3-,5-,6-,9?/m0/s1. The van der Waals surface area contributed by atoms with Crippen LogP contribution in [0, 0.1) is 0 Å². The molecular weight excluding hydrogens is 333 g/mol. The van der Waals surface area contributed by atoms with Crippen LogP contribution in [0.2, 0.25) is 0 Å². The largest absolute Gasteiger partial charge is 0.472 e. The summed E-state index contributed by atoms with van der Waals surface area (Å²) in [5.74, 6) is -0.117. The molecule has 124 valence electrons. The minimum absolute atomic E-state index is 0.0230. The van der Waals surface area contributed by atoms with Crippen LogP contribution in [0.4, 0.5) is 5.95 Å². The third-order valence-electron chi connectivity index (χ3n) is 3.69. The van der Waals surface area contributed by atoms with Crippen molar-refractivity contribution in [2.75, 3.05) is 12.3 Å². The first-order chi connectivity index (χ1) is 10.9. The maximum Gasteiger partial charge on any atom is 0.472 e. The molecule has 5 N–H and O–H groups in total. The molecule has 0 radical (unpaired) electrons. The highest BCUT2D eigenvalue weighted by molar-refractivity contribution is 7.47. The molecule has 2 aliphatic heterocycles. The van der Waals surface area contributed by atoms with Crippen LogP contribution in [0.5, 0.6) is 0 Å². The molecule has 4 rings (SSSR count). The predicted molar refractivity (Wildman–Crippen MR) is 73.1 cm³/mol. The summed E-state index contributed by atoms with van der Waals surface area (Å²) < 4.78 is 27.9. The Morgan fingerprint density at radius 1 is 1.52 bits per heavy atom. The molecule has 0 amide bonds. The first-order valence-electron chi connectivity index (χ1n) is 6.57. The van der Waals surface area contributed by atoms with Gasteiger partial charge < -0.3 is 20.5 Å². The maximum absolute atomic E-state index is 11.8. The number of aliphatic hydroxyl groups excluding tert-OH is 1. The molecule has 23 heavy (non-hydrogen) atoms. The number of hydrogen-bond donors (Lipinski definition) is 4. The maximum atomic E-state index is 11.8. The second-order valence-electron chi connectivity index (χ2n) is 5.17. The number of H-pyrrole nitrogens is 1. The third-order valence-corrected chi connectivity index (χ3v) is 4.68. The highest BCUT2D eigenvalue weighted by Crippen LogP contribution is 2.52. The van der Waals surface area contributed by atoms with Gasteiger partial charge in [0.25, 0.3) is 5.56 Å². The van der Waals surface area contributed by atoms with E-state index in [0.29, 0.717) is 0 Å². The van der Waals surface area contributed by atoms with Crippen LogP contribution < -0.4 is 11.3 Å². The van der Waals surface area contributed by atoms with Crippen LogP contribution >= 0.6 is 7.82 Å². The number of imidazole rings is 1. The Balaban J connectivity index is 1.75. The molecule has 13 heteroatoms. The fourth-order valence-electron chi connectivity index (χ4n) is 2.69. The number of nitrogens with two attached hydrogens (primary N) is 1. The topological polar surface area (TPSA) is 175 Å². The number of phosphoric ester groups is 1. The zero-order valence-corrected chi connectivity index (χ0v) is 12.3. The summed E-state index contributed by atoms with van der Waals surface area (Å²) in [6, 6.07) is 0. The molecule has 2 aliphatic rings. The predicted octanol–water partition coefficient (Wildman–Crippen LogP) is -1.52. The second-order valence-corrected chi connectivity index (χ2v) is 6.57. The molecule has 4 heterocycles. The number of fused-ring (bicyclic) bond motifs is 2. The SMILES string of the molecule is Nc1nc2c(ncn2C2O[C@H]3COP(=O)(O)O[C@@H]3[C@@H]2O)c(=O)[nH]1. The quantitative estimate of drug-likeness (QED) is 0.444. The van der Waals surface area contributed by atoms with E-state index in [1.807, 2.05) is 0 Å². The molecule has 0 aromatic carbocycles. The molecule has 12 nitrogen and oxygen atoms in total. The lowest BCUT2D eigenvalue weighted by atomic mass is 10.1. The number of rotatable bonds is 1. The Kier molecular flexibility index (Phi) is 3.10. The monoisotopic (exact) mass is 345 g/mol. The number of phosphoric acid groups is 1. The molecule has 2 aromatic heterocycles. The van der Waals surface area contributed by atoms with Crippen LogP contribution in [0.25, 0.3) is 11.2 Å². The van der Waals surface area contributed by atoms with Crippen molar-refractivity contribution in [1.29, 1.82) is 0 Å². The van der Waals surface area contributed by atoms with Crippen LogP contribution in [0.1, 0.15) is 6.23 Å². The van der Waals surface area contributed by atoms with E-state index < -0.39 is 37.9 Å². The number of nitrogens with zero attached hydrogens (tertiary/aromatic N) is 3. The highest BCUT2D eigenvalue weighted by atomic mass is 31.2. The van der Waals surface area contributed by atoms with Crippen molar-refractivity contribution in [2.24, 2.45) is 0 Å². The smallest absolute Gasteiger partial charge is 0.386 e. The molecule has 0 bridgehead atoms. The van der Waals surface area contributed by atoms with E-state index in [4.69, 9.17) is 15.0 Å². The summed E-state index contributed by atoms with van der Waals surface area (Å²) in [6.07, 6.45) is -2.85. The van der Waals surface area contributed by atoms with Gasteiger partial charge in [-0.1, -0.05) is 0 Å².